The number of amides is 1. The highest BCUT2D eigenvalue weighted by Crippen LogP contribution is 2.14. The van der Waals surface area contributed by atoms with Crippen molar-refractivity contribution < 1.29 is 9.18 Å². The van der Waals surface area contributed by atoms with Gasteiger partial charge in [0, 0.05) is 18.3 Å². The van der Waals surface area contributed by atoms with E-state index < -0.39 is 5.82 Å². The van der Waals surface area contributed by atoms with E-state index >= 15 is 0 Å². The Hall–Kier alpha value is -2.43. The molecule has 0 fully saturated rings. The van der Waals surface area contributed by atoms with Crippen LogP contribution in [0.4, 0.5) is 10.1 Å². The Balaban J connectivity index is 2.20. The quantitative estimate of drug-likeness (QED) is 0.880. The Morgan fingerprint density at radius 3 is 2.43 bits per heavy atom. The second kappa shape index (κ2) is 6.35. The molecule has 0 aliphatic heterocycles. The van der Waals surface area contributed by atoms with Gasteiger partial charge in [0.25, 0.3) is 5.91 Å². The number of carbonyl (C=O) groups excluding carboxylic acids is 1. The van der Waals surface area contributed by atoms with Gasteiger partial charge in [0.15, 0.2) is 0 Å². The third kappa shape index (κ3) is 3.78. The number of halogens is 1. The number of hydrogen-bond acceptors (Lipinski definition) is 3. The minimum absolute atomic E-state index is 0.00176. The van der Waals surface area contributed by atoms with Crippen LogP contribution >= 0.6 is 0 Å². The summed E-state index contributed by atoms with van der Waals surface area (Å²) in [5.41, 5.74) is 7.55. The number of benzene rings is 1. The SMILES string of the molecule is CC(C)N(Cc1ccc(N)cc1)C(=O)c1ccc(F)cn1. The number of nitrogen functional groups attached to an aromatic ring is 1. The molecule has 5 heteroatoms. The van der Waals surface area contributed by atoms with Crippen molar-refractivity contribution in [2.45, 2.75) is 26.4 Å². The first-order valence-corrected chi connectivity index (χ1v) is 6.74. The van der Waals surface area contributed by atoms with Crippen LogP contribution in [0.3, 0.4) is 0 Å². The fraction of sp³-hybridized carbons (Fsp3) is 0.250. The van der Waals surface area contributed by atoms with Gasteiger partial charge in [0.1, 0.15) is 11.5 Å². The maximum Gasteiger partial charge on any atom is 0.272 e. The van der Waals surface area contributed by atoms with E-state index in [9.17, 15) is 9.18 Å². The molecule has 4 nitrogen and oxygen atoms in total. The fourth-order valence-electron chi connectivity index (χ4n) is 1.96. The molecule has 0 saturated carbocycles. The molecule has 1 aromatic heterocycles. The standard InChI is InChI=1S/C16H18FN3O/c1-11(2)20(10-12-3-6-14(18)7-4-12)16(21)15-8-5-13(17)9-19-15/h3-9,11H,10,18H2,1-2H3. The summed E-state index contributed by atoms with van der Waals surface area (Å²) in [7, 11) is 0. The molecule has 110 valence electrons. The Morgan fingerprint density at radius 2 is 1.90 bits per heavy atom. The lowest BCUT2D eigenvalue weighted by Gasteiger charge is -2.26. The molecule has 0 radical (unpaired) electrons. The largest absolute Gasteiger partial charge is 0.399 e. The van der Waals surface area contributed by atoms with Gasteiger partial charge in [-0.05, 0) is 43.7 Å². The second-order valence-electron chi connectivity index (χ2n) is 5.13. The fourth-order valence-corrected chi connectivity index (χ4v) is 1.96. The summed E-state index contributed by atoms with van der Waals surface area (Å²) in [6, 6.07) is 10.0. The first-order chi connectivity index (χ1) is 9.97. The molecule has 21 heavy (non-hydrogen) atoms. The third-order valence-corrected chi connectivity index (χ3v) is 3.16. The van der Waals surface area contributed by atoms with Gasteiger partial charge in [-0.2, -0.15) is 0 Å². The topological polar surface area (TPSA) is 59.2 Å². The number of aromatic nitrogens is 1. The summed E-state index contributed by atoms with van der Waals surface area (Å²) in [5, 5.41) is 0. The first-order valence-electron chi connectivity index (χ1n) is 6.74. The summed E-state index contributed by atoms with van der Waals surface area (Å²) in [6.45, 7) is 4.31. The van der Waals surface area contributed by atoms with Gasteiger partial charge < -0.3 is 10.6 Å². The first kappa shape index (κ1) is 15.0. The highest BCUT2D eigenvalue weighted by atomic mass is 19.1. The summed E-state index contributed by atoms with van der Waals surface area (Å²) in [6.07, 6.45) is 1.05. The molecule has 0 unspecified atom stereocenters. The minimum Gasteiger partial charge on any atom is -0.399 e. The van der Waals surface area contributed by atoms with Gasteiger partial charge in [-0.3, -0.25) is 4.79 Å². The zero-order valence-corrected chi connectivity index (χ0v) is 12.1. The normalized spacial score (nSPS) is 10.7. The van der Waals surface area contributed by atoms with E-state index in [-0.39, 0.29) is 17.6 Å². The average molecular weight is 287 g/mol. The Kier molecular flexibility index (Phi) is 4.52. The van der Waals surface area contributed by atoms with Gasteiger partial charge in [-0.25, -0.2) is 9.37 Å². The van der Waals surface area contributed by atoms with Crippen molar-refractivity contribution in [3.05, 3.63) is 59.7 Å². The van der Waals surface area contributed by atoms with Crippen LogP contribution in [0.1, 0.15) is 29.9 Å². The van der Waals surface area contributed by atoms with Crippen molar-refractivity contribution in [2.75, 3.05) is 5.73 Å². The Labute approximate surface area is 123 Å². The molecule has 0 aliphatic rings. The highest BCUT2D eigenvalue weighted by Gasteiger charge is 2.20. The van der Waals surface area contributed by atoms with E-state index in [1.807, 2.05) is 26.0 Å². The zero-order valence-electron chi connectivity index (χ0n) is 12.1. The van der Waals surface area contributed by atoms with Gasteiger partial charge in [-0.15, -0.1) is 0 Å². The van der Waals surface area contributed by atoms with E-state index in [1.54, 1.807) is 17.0 Å². The van der Waals surface area contributed by atoms with Crippen LogP contribution in [0.15, 0.2) is 42.6 Å². The van der Waals surface area contributed by atoms with Crippen LogP contribution in [0, 0.1) is 5.82 Å². The molecule has 0 spiro atoms. The summed E-state index contributed by atoms with van der Waals surface area (Å²) < 4.78 is 12.9. The molecule has 2 rings (SSSR count). The van der Waals surface area contributed by atoms with Gasteiger partial charge in [-0.1, -0.05) is 12.1 Å². The molecule has 2 aromatic rings. The third-order valence-electron chi connectivity index (χ3n) is 3.16. The van der Waals surface area contributed by atoms with Crippen molar-refractivity contribution in [2.24, 2.45) is 0 Å². The number of hydrogen-bond donors (Lipinski definition) is 1. The molecule has 0 atom stereocenters. The number of nitrogens with zero attached hydrogens (tertiary/aromatic N) is 2. The Bertz CT molecular complexity index is 608. The lowest BCUT2D eigenvalue weighted by Crippen LogP contribution is -2.36. The van der Waals surface area contributed by atoms with Crippen LogP contribution < -0.4 is 5.73 Å². The maximum atomic E-state index is 12.9. The zero-order chi connectivity index (χ0) is 15.4. The highest BCUT2D eigenvalue weighted by molar-refractivity contribution is 5.92. The number of carbonyl (C=O) groups is 1. The summed E-state index contributed by atoms with van der Waals surface area (Å²) in [4.78, 5) is 18.0. The molecule has 0 bridgehead atoms. The van der Waals surface area contributed by atoms with Crippen LogP contribution in [0.2, 0.25) is 0 Å². The smallest absolute Gasteiger partial charge is 0.272 e. The van der Waals surface area contributed by atoms with Crippen LogP contribution in [-0.2, 0) is 6.54 Å². The van der Waals surface area contributed by atoms with Gasteiger partial charge >= 0.3 is 0 Å². The van der Waals surface area contributed by atoms with Crippen molar-refractivity contribution in [1.29, 1.82) is 0 Å². The predicted octanol–water partition coefficient (Wildman–Crippen LogP) is 2.85. The number of nitrogens with two attached hydrogens (primary N) is 1. The van der Waals surface area contributed by atoms with E-state index in [1.165, 1.54) is 12.1 Å². The van der Waals surface area contributed by atoms with Gasteiger partial charge in [0.05, 0.1) is 6.20 Å². The molecule has 1 heterocycles. The van der Waals surface area contributed by atoms with Crippen molar-refractivity contribution in [3.63, 3.8) is 0 Å². The van der Waals surface area contributed by atoms with Crippen LogP contribution in [-0.4, -0.2) is 21.8 Å². The predicted molar refractivity (Wildman–Crippen MR) is 80.1 cm³/mol. The second-order valence-corrected chi connectivity index (χ2v) is 5.13. The lowest BCUT2D eigenvalue weighted by molar-refractivity contribution is 0.0684. The van der Waals surface area contributed by atoms with Crippen LogP contribution in [0.25, 0.3) is 0 Å². The maximum absolute atomic E-state index is 12.9. The van der Waals surface area contributed by atoms with Crippen molar-refractivity contribution in [3.8, 4) is 0 Å². The minimum atomic E-state index is -0.457. The molecule has 0 aliphatic carbocycles. The van der Waals surface area contributed by atoms with Crippen LogP contribution in [0.5, 0.6) is 0 Å². The molecule has 1 aromatic carbocycles. The van der Waals surface area contributed by atoms with E-state index in [2.05, 4.69) is 4.98 Å². The molecular formula is C16H18FN3O. The van der Waals surface area contributed by atoms with E-state index in [0.29, 0.717) is 12.2 Å². The molecule has 0 saturated heterocycles. The molecule has 1 amide bonds. The number of pyridine rings is 1. The van der Waals surface area contributed by atoms with Gasteiger partial charge in [0.2, 0.25) is 0 Å². The lowest BCUT2D eigenvalue weighted by atomic mass is 10.1. The summed E-state index contributed by atoms with van der Waals surface area (Å²) in [5.74, 6) is -0.678. The van der Waals surface area contributed by atoms with E-state index in [4.69, 9.17) is 5.73 Å². The van der Waals surface area contributed by atoms with Crippen molar-refractivity contribution in [1.82, 2.24) is 9.88 Å². The number of rotatable bonds is 4. The number of anilines is 1. The average Bonchev–Trinajstić information content (AvgIpc) is 2.46. The summed E-state index contributed by atoms with van der Waals surface area (Å²) >= 11 is 0. The molecular weight excluding hydrogens is 269 g/mol. The Morgan fingerprint density at radius 1 is 1.24 bits per heavy atom. The van der Waals surface area contributed by atoms with E-state index in [0.717, 1.165) is 11.8 Å². The monoisotopic (exact) mass is 287 g/mol. The van der Waals surface area contributed by atoms with Crippen molar-refractivity contribution >= 4 is 11.6 Å². The molecule has 2 N–H and O–H groups in total.